The largest absolute Gasteiger partial charge is 0.768 e. The fraction of sp³-hybridized carbons (Fsp3) is 0.400. The molecular formula is C10H13O3S-. The lowest BCUT2D eigenvalue weighted by Crippen LogP contribution is -1.96. The van der Waals surface area contributed by atoms with Gasteiger partial charge in [0.25, 0.3) is 0 Å². The number of ether oxygens (including phenoxy) is 1. The molecule has 0 spiro atoms. The van der Waals surface area contributed by atoms with Gasteiger partial charge in [0.2, 0.25) is 0 Å². The van der Waals surface area contributed by atoms with E-state index in [1.165, 1.54) is 12.1 Å². The summed E-state index contributed by atoms with van der Waals surface area (Å²) in [7, 11) is 0. The average molecular weight is 213 g/mol. The van der Waals surface area contributed by atoms with Crippen LogP contribution in [0.15, 0.2) is 29.2 Å². The van der Waals surface area contributed by atoms with Crippen LogP contribution in [0.5, 0.6) is 5.75 Å². The highest BCUT2D eigenvalue weighted by Gasteiger charge is 1.94. The molecule has 0 bridgehead atoms. The fourth-order valence-electron chi connectivity index (χ4n) is 0.981. The van der Waals surface area contributed by atoms with Crippen LogP contribution in [0.2, 0.25) is 0 Å². The second-order valence-corrected chi connectivity index (χ2v) is 3.85. The monoisotopic (exact) mass is 213 g/mol. The molecule has 1 unspecified atom stereocenters. The predicted octanol–water partition coefficient (Wildman–Crippen LogP) is 2.10. The lowest BCUT2D eigenvalue weighted by molar-refractivity contribution is 0.309. The van der Waals surface area contributed by atoms with E-state index in [0.717, 1.165) is 12.8 Å². The van der Waals surface area contributed by atoms with Gasteiger partial charge in [-0.05, 0) is 41.8 Å². The minimum Gasteiger partial charge on any atom is -0.768 e. The molecule has 4 heteroatoms. The second kappa shape index (κ2) is 5.78. The fourth-order valence-corrected chi connectivity index (χ4v) is 1.34. The summed E-state index contributed by atoms with van der Waals surface area (Å²) < 4.78 is 26.4. The summed E-state index contributed by atoms with van der Waals surface area (Å²) in [5.74, 6) is 0.715. The van der Waals surface area contributed by atoms with E-state index in [1.54, 1.807) is 12.1 Å². The molecule has 0 saturated heterocycles. The Morgan fingerprint density at radius 3 is 2.50 bits per heavy atom. The van der Waals surface area contributed by atoms with Gasteiger partial charge in [-0.3, -0.25) is 4.21 Å². The van der Waals surface area contributed by atoms with Crippen LogP contribution >= 0.6 is 0 Å². The number of hydrogen-bond acceptors (Lipinski definition) is 3. The van der Waals surface area contributed by atoms with Crippen LogP contribution in [0.25, 0.3) is 0 Å². The molecule has 0 saturated carbocycles. The van der Waals surface area contributed by atoms with Gasteiger partial charge in [0.1, 0.15) is 5.75 Å². The first-order valence-electron chi connectivity index (χ1n) is 4.56. The van der Waals surface area contributed by atoms with Crippen LogP contribution < -0.4 is 4.74 Å². The molecule has 3 nitrogen and oxygen atoms in total. The smallest absolute Gasteiger partial charge is 0.119 e. The summed E-state index contributed by atoms with van der Waals surface area (Å²) in [6.45, 7) is 2.77. The van der Waals surface area contributed by atoms with E-state index in [2.05, 4.69) is 6.92 Å². The Morgan fingerprint density at radius 2 is 2.00 bits per heavy atom. The zero-order chi connectivity index (χ0) is 10.4. The topological polar surface area (TPSA) is 49.4 Å². The Kier molecular flexibility index (Phi) is 4.62. The number of rotatable bonds is 5. The van der Waals surface area contributed by atoms with Gasteiger partial charge < -0.3 is 9.29 Å². The van der Waals surface area contributed by atoms with E-state index < -0.39 is 11.1 Å². The summed E-state index contributed by atoms with van der Waals surface area (Å²) in [6.07, 6.45) is 2.10. The van der Waals surface area contributed by atoms with Gasteiger partial charge in [-0.1, -0.05) is 13.3 Å². The molecule has 0 aliphatic rings. The molecule has 0 aliphatic carbocycles. The molecule has 14 heavy (non-hydrogen) atoms. The van der Waals surface area contributed by atoms with E-state index in [4.69, 9.17) is 4.74 Å². The highest BCUT2D eigenvalue weighted by molar-refractivity contribution is 7.79. The van der Waals surface area contributed by atoms with Crippen molar-refractivity contribution in [1.29, 1.82) is 0 Å². The van der Waals surface area contributed by atoms with E-state index >= 15 is 0 Å². The van der Waals surface area contributed by atoms with Crippen LogP contribution in [0.3, 0.4) is 0 Å². The quantitative estimate of drug-likeness (QED) is 0.556. The summed E-state index contributed by atoms with van der Waals surface area (Å²) in [5, 5.41) is 0. The normalized spacial score (nSPS) is 12.4. The highest BCUT2D eigenvalue weighted by atomic mass is 32.2. The number of unbranched alkanes of at least 4 members (excludes halogenated alkanes) is 1. The van der Waals surface area contributed by atoms with Gasteiger partial charge in [0.15, 0.2) is 0 Å². The molecule has 1 aromatic carbocycles. The van der Waals surface area contributed by atoms with Crippen molar-refractivity contribution in [3.05, 3.63) is 24.3 Å². The second-order valence-electron chi connectivity index (χ2n) is 2.91. The molecule has 1 atom stereocenters. The van der Waals surface area contributed by atoms with Gasteiger partial charge in [0.05, 0.1) is 6.61 Å². The van der Waals surface area contributed by atoms with Crippen molar-refractivity contribution in [1.82, 2.24) is 0 Å². The molecule has 1 aromatic rings. The minimum absolute atomic E-state index is 0.285. The van der Waals surface area contributed by atoms with Crippen molar-refractivity contribution in [2.45, 2.75) is 24.7 Å². The molecule has 0 radical (unpaired) electrons. The molecule has 78 valence electrons. The maximum absolute atomic E-state index is 10.5. The first kappa shape index (κ1) is 11.2. The zero-order valence-electron chi connectivity index (χ0n) is 8.06. The van der Waals surface area contributed by atoms with Crippen molar-refractivity contribution >= 4 is 11.1 Å². The summed E-state index contributed by atoms with van der Waals surface area (Å²) in [4.78, 5) is 0.285. The molecule has 0 amide bonds. The summed E-state index contributed by atoms with van der Waals surface area (Å²) >= 11 is -2.15. The molecule has 1 rings (SSSR count). The third kappa shape index (κ3) is 3.47. The van der Waals surface area contributed by atoms with E-state index in [9.17, 15) is 8.76 Å². The number of hydrogen-bond donors (Lipinski definition) is 0. The standard InChI is InChI=1S/C10H14O3S/c1-2-3-8-13-9-4-6-10(7-5-9)14(11)12/h4-7H,2-3,8H2,1H3,(H,11,12)/p-1. The van der Waals surface area contributed by atoms with Crippen LogP contribution in [0.1, 0.15) is 19.8 Å². The van der Waals surface area contributed by atoms with Gasteiger partial charge in [-0.15, -0.1) is 0 Å². The third-order valence-corrected chi connectivity index (χ3v) is 2.44. The van der Waals surface area contributed by atoms with Gasteiger partial charge in [0, 0.05) is 4.90 Å². The Bertz CT molecular complexity index is 295. The van der Waals surface area contributed by atoms with Gasteiger partial charge >= 0.3 is 0 Å². The zero-order valence-corrected chi connectivity index (χ0v) is 8.88. The number of benzene rings is 1. The molecule has 0 aliphatic heterocycles. The first-order valence-corrected chi connectivity index (χ1v) is 5.63. The first-order chi connectivity index (χ1) is 6.74. The summed E-state index contributed by atoms with van der Waals surface area (Å²) in [6, 6.07) is 6.40. The van der Waals surface area contributed by atoms with Crippen LogP contribution in [-0.4, -0.2) is 15.4 Å². The minimum atomic E-state index is -2.15. The maximum atomic E-state index is 10.5. The van der Waals surface area contributed by atoms with Gasteiger partial charge in [-0.2, -0.15) is 0 Å². The Labute approximate surface area is 86.4 Å². The highest BCUT2D eigenvalue weighted by Crippen LogP contribution is 2.14. The Hall–Kier alpha value is -0.870. The van der Waals surface area contributed by atoms with Crippen molar-refractivity contribution < 1.29 is 13.5 Å². The van der Waals surface area contributed by atoms with E-state index in [1.807, 2.05) is 0 Å². The molecule has 0 aromatic heterocycles. The van der Waals surface area contributed by atoms with Crippen molar-refractivity contribution in [3.8, 4) is 5.75 Å². The SMILES string of the molecule is CCCCOc1ccc(S(=O)[O-])cc1. The van der Waals surface area contributed by atoms with Crippen LogP contribution in [0, 0.1) is 0 Å². The van der Waals surface area contributed by atoms with Crippen molar-refractivity contribution in [2.24, 2.45) is 0 Å². The Morgan fingerprint density at radius 1 is 1.36 bits per heavy atom. The van der Waals surface area contributed by atoms with E-state index in [-0.39, 0.29) is 4.90 Å². The average Bonchev–Trinajstić information content (AvgIpc) is 2.19. The van der Waals surface area contributed by atoms with Crippen molar-refractivity contribution in [3.63, 3.8) is 0 Å². The lowest BCUT2D eigenvalue weighted by Gasteiger charge is -2.07. The molecule has 0 fully saturated rings. The van der Waals surface area contributed by atoms with Crippen LogP contribution in [0.4, 0.5) is 0 Å². The van der Waals surface area contributed by atoms with E-state index in [0.29, 0.717) is 12.4 Å². The predicted molar refractivity (Wildman–Crippen MR) is 54.0 cm³/mol. The van der Waals surface area contributed by atoms with Crippen molar-refractivity contribution in [2.75, 3.05) is 6.61 Å². The molecule has 0 N–H and O–H groups in total. The van der Waals surface area contributed by atoms with Crippen LogP contribution in [-0.2, 0) is 11.1 Å². The third-order valence-electron chi connectivity index (χ3n) is 1.78. The molecule has 0 heterocycles. The molecular weight excluding hydrogens is 200 g/mol. The lowest BCUT2D eigenvalue weighted by atomic mass is 10.3. The van der Waals surface area contributed by atoms with Gasteiger partial charge in [-0.25, -0.2) is 0 Å². The summed E-state index contributed by atoms with van der Waals surface area (Å²) in [5.41, 5.74) is 0. The Balaban J connectivity index is 2.51. The maximum Gasteiger partial charge on any atom is 0.119 e.